The molecule has 0 fully saturated rings. The highest BCUT2D eigenvalue weighted by molar-refractivity contribution is 5.82. The molecule has 0 amide bonds. The standard InChI is InChI=1S/C10H9N3O/c1-14-6-9-8-4-2-3-5-10(8)13(7-11)12-9/h2-5H,6H2,1H3. The minimum Gasteiger partial charge on any atom is -0.378 e. The molecule has 0 saturated heterocycles. The summed E-state index contributed by atoms with van der Waals surface area (Å²) in [6.07, 6.45) is 2.00. The van der Waals surface area contributed by atoms with E-state index in [1.165, 1.54) is 4.68 Å². The number of para-hydroxylation sites is 1. The molecule has 0 unspecified atom stereocenters. The Morgan fingerprint density at radius 3 is 3.00 bits per heavy atom. The van der Waals surface area contributed by atoms with Crippen molar-refractivity contribution >= 4 is 10.9 Å². The molecule has 0 bridgehead atoms. The molecule has 4 nitrogen and oxygen atoms in total. The number of fused-ring (bicyclic) bond motifs is 1. The Labute approximate surface area is 81.3 Å². The van der Waals surface area contributed by atoms with Gasteiger partial charge in [0.25, 0.3) is 0 Å². The number of benzene rings is 1. The molecule has 0 atom stereocenters. The number of nitriles is 1. The first-order valence-corrected chi connectivity index (χ1v) is 4.22. The van der Waals surface area contributed by atoms with Gasteiger partial charge in [-0.25, -0.2) is 0 Å². The average Bonchev–Trinajstić information content (AvgIpc) is 2.58. The molecule has 0 spiro atoms. The molecule has 4 heteroatoms. The van der Waals surface area contributed by atoms with Crippen LogP contribution in [0.2, 0.25) is 0 Å². The van der Waals surface area contributed by atoms with E-state index >= 15 is 0 Å². The van der Waals surface area contributed by atoms with Gasteiger partial charge in [0.1, 0.15) is 0 Å². The third-order valence-corrected chi connectivity index (χ3v) is 2.04. The molecular formula is C10H9N3O. The topological polar surface area (TPSA) is 50.8 Å². The monoisotopic (exact) mass is 187 g/mol. The first kappa shape index (κ1) is 8.73. The maximum atomic E-state index is 8.83. The second-order valence-corrected chi connectivity index (χ2v) is 2.91. The molecule has 1 aromatic carbocycles. The van der Waals surface area contributed by atoms with E-state index in [9.17, 15) is 0 Å². The van der Waals surface area contributed by atoms with Gasteiger partial charge >= 0.3 is 0 Å². The summed E-state index contributed by atoms with van der Waals surface area (Å²) in [7, 11) is 1.61. The predicted molar refractivity (Wildman–Crippen MR) is 51.5 cm³/mol. The van der Waals surface area contributed by atoms with E-state index in [4.69, 9.17) is 10.00 Å². The van der Waals surface area contributed by atoms with Gasteiger partial charge in [0, 0.05) is 12.5 Å². The molecule has 0 saturated carbocycles. The van der Waals surface area contributed by atoms with E-state index in [0.29, 0.717) is 6.61 Å². The van der Waals surface area contributed by atoms with Gasteiger partial charge in [-0.2, -0.15) is 15.0 Å². The Bertz CT molecular complexity index is 496. The number of hydrogen-bond acceptors (Lipinski definition) is 3. The zero-order chi connectivity index (χ0) is 9.97. The number of hydrogen-bond donors (Lipinski definition) is 0. The van der Waals surface area contributed by atoms with E-state index in [1.54, 1.807) is 7.11 Å². The normalized spacial score (nSPS) is 10.3. The zero-order valence-electron chi connectivity index (χ0n) is 7.77. The summed E-state index contributed by atoms with van der Waals surface area (Å²) in [5, 5.41) is 13.9. The lowest BCUT2D eigenvalue weighted by Crippen LogP contribution is -1.92. The minimum atomic E-state index is 0.426. The third kappa shape index (κ3) is 1.24. The molecule has 0 aliphatic carbocycles. The van der Waals surface area contributed by atoms with E-state index in [1.807, 2.05) is 30.5 Å². The van der Waals surface area contributed by atoms with Crippen LogP contribution in [-0.2, 0) is 11.3 Å². The molecule has 1 aromatic heterocycles. The molecule has 0 N–H and O–H groups in total. The molecule has 1 heterocycles. The molecule has 2 rings (SSSR count). The van der Waals surface area contributed by atoms with E-state index < -0.39 is 0 Å². The van der Waals surface area contributed by atoms with E-state index in [0.717, 1.165) is 16.6 Å². The summed E-state index contributed by atoms with van der Waals surface area (Å²) in [4.78, 5) is 0. The molecular weight excluding hydrogens is 178 g/mol. The number of nitrogens with zero attached hydrogens (tertiary/aromatic N) is 3. The quantitative estimate of drug-likeness (QED) is 0.716. The summed E-state index contributed by atoms with van der Waals surface area (Å²) in [6, 6.07) is 7.61. The molecule has 70 valence electrons. The van der Waals surface area contributed by atoms with Gasteiger partial charge < -0.3 is 4.74 Å². The van der Waals surface area contributed by atoms with Crippen molar-refractivity contribution in [3.05, 3.63) is 30.0 Å². The molecule has 0 aliphatic rings. The summed E-state index contributed by atoms with van der Waals surface area (Å²) < 4.78 is 6.32. The van der Waals surface area contributed by atoms with Gasteiger partial charge in [0.15, 0.2) is 0 Å². The Kier molecular flexibility index (Phi) is 2.17. The highest BCUT2D eigenvalue weighted by atomic mass is 16.5. The largest absolute Gasteiger partial charge is 0.378 e. The van der Waals surface area contributed by atoms with Crippen LogP contribution in [0, 0.1) is 11.5 Å². The molecule has 0 aliphatic heterocycles. The van der Waals surface area contributed by atoms with Crippen molar-refractivity contribution in [3.8, 4) is 6.19 Å². The number of methoxy groups -OCH3 is 1. The van der Waals surface area contributed by atoms with Crippen molar-refractivity contribution in [2.75, 3.05) is 7.11 Å². The van der Waals surface area contributed by atoms with Gasteiger partial charge in [0.05, 0.1) is 17.8 Å². The highest BCUT2D eigenvalue weighted by Gasteiger charge is 2.08. The molecule has 2 aromatic rings. The Balaban J connectivity index is 2.68. The van der Waals surface area contributed by atoms with Crippen LogP contribution in [0.15, 0.2) is 24.3 Å². The second kappa shape index (κ2) is 3.48. The van der Waals surface area contributed by atoms with Gasteiger partial charge in [0.2, 0.25) is 6.19 Å². The van der Waals surface area contributed by atoms with Crippen LogP contribution in [0.3, 0.4) is 0 Å². The number of aromatic nitrogens is 2. The van der Waals surface area contributed by atoms with Gasteiger partial charge in [-0.3, -0.25) is 0 Å². The first-order valence-electron chi connectivity index (χ1n) is 4.22. The van der Waals surface area contributed by atoms with Crippen LogP contribution in [0.25, 0.3) is 10.9 Å². The Hall–Kier alpha value is -1.86. The van der Waals surface area contributed by atoms with Gasteiger partial charge in [-0.15, -0.1) is 0 Å². The summed E-state index contributed by atoms with van der Waals surface area (Å²) in [6.45, 7) is 0.426. The van der Waals surface area contributed by atoms with Crippen molar-refractivity contribution < 1.29 is 4.74 Å². The van der Waals surface area contributed by atoms with Crippen LogP contribution in [0.5, 0.6) is 0 Å². The molecule has 0 radical (unpaired) electrons. The lowest BCUT2D eigenvalue weighted by Gasteiger charge is -1.92. The van der Waals surface area contributed by atoms with Gasteiger partial charge in [-0.05, 0) is 6.07 Å². The lowest BCUT2D eigenvalue weighted by molar-refractivity contribution is 0.182. The first-order chi connectivity index (χ1) is 6.86. The van der Waals surface area contributed by atoms with Gasteiger partial charge in [-0.1, -0.05) is 18.2 Å². The van der Waals surface area contributed by atoms with Crippen molar-refractivity contribution in [2.24, 2.45) is 0 Å². The van der Waals surface area contributed by atoms with Crippen molar-refractivity contribution in [1.82, 2.24) is 9.78 Å². The minimum absolute atomic E-state index is 0.426. The zero-order valence-corrected chi connectivity index (χ0v) is 7.77. The van der Waals surface area contributed by atoms with Crippen LogP contribution >= 0.6 is 0 Å². The van der Waals surface area contributed by atoms with E-state index in [-0.39, 0.29) is 0 Å². The fourth-order valence-corrected chi connectivity index (χ4v) is 1.45. The fourth-order valence-electron chi connectivity index (χ4n) is 1.45. The highest BCUT2D eigenvalue weighted by Crippen LogP contribution is 2.17. The van der Waals surface area contributed by atoms with Crippen molar-refractivity contribution in [2.45, 2.75) is 6.61 Å². The maximum Gasteiger partial charge on any atom is 0.206 e. The van der Waals surface area contributed by atoms with Crippen molar-refractivity contribution in [3.63, 3.8) is 0 Å². The molecule has 14 heavy (non-hydrogen) atoms. The van der Waals surface area contributed by atoms with Crippen molar-refractivity contribution in [1.29, 1.82) is 5.26 Å². The summed E-state index contributed by atoms with van der Waals surface area (Å²) >= 11 is 0. The average molecular weight is 187 g/mol. The summed E-state index contributed by atoms with van der Waals surface area (Å²) in [5.41, 5.74) is 1.62. The Morgan fingerprint density at radius 2 is 2.29 bits per heavy atom. The van der Waals surface area contributed by atoms with Crippen LogP contribution < -0.4 is 0 Å². The third-order valence-electron chi connectivity index (χ3n) is 2.04. The SMILES string of the molecule is COCc1nn(C#N)c2ccccc12. The number of ether oxygens (including phenoxy) is 1. The smallest absolute Gasteiger partial charge is 0.206 e. The van der Waals surface area contributed by atoms with E-state index in [2.05, 4.69) is 5.10 Å². The second-order valence-electron chi connectivity index (χ2n) is 2.91. The lowest BCUT2D eigenvalue weighted by atomic mass is 10.2. The van der Waals surface area contributed by atoms with Crippen LogP contribution in [0.1, 0.15) is 5.69 Å². The van der Waals surface area contributed by atoms with Crippen LogP contribution in [-0.4, -0.2) is 16.9 Å². The maximum absolute atomic E-state index is 8.83. The fraction of sp³-hybridized carbons (Fsp3) is 0.200. The Morgan fingerprint density at radius 1 is 1.50 bits per heavy atom. The predicted octanol–water partition coefficient (Wildman–Crippen LogP) is 1.51. The summed E-state index contributed by atoms with van der Waals surface area (Å²) in [5.74, 6) is 0. The number of rotatable bonds is 2. The van der Waals surface area contributed by atoms with Crippen LogP contribution in [0.4, 0.5) is 0 Å².